The van der Waals surface area contributed by atoms with E-state index >= 15 is 0 Å². The van der Waals surface area contributed by atoms with E-state index in [4.69, 9.17) is 13.8 Å². The lowest BCUT2D eigenvalue weighted by Crippen LogP contribution is -2.18. The molecule has 5 nitrogen and oxygen atoms in total. The maximum Gasteiger partial charge on any atom is 0.345 e. The molecular weight excluding hydrogens is 418 g/mol. The molecule has 1 aliphatic rings. The zero-order valence-electron chi connectivity index (χ0n) is 12.6. The van der Waals surface area contributed by atoms with Crippen LogP contribution in [0.3, 0.4) is 0 Å². The number of esters is 1. The van der Waals surface area contributed by atoms with Crippen molar-refractivity contribution in [1.82, 2.24) is 0 Å². The number of hydrogen-bond acceptors (Lipinski definition) is 5. The summed E-state index contributed by atoms with van der Waals surface area (Å²) in [6.45, 7) is 3.93. The Hall–Kier alpha value is -0.430. The lowest BCUT2D eigenvalue weighted by molar-refractivity contribution is -0.141. The highest BCUT2D eigenvalue weighted by Crippen LogP contribution is 2.58. The maximum atomic E-state index is 12.8. The predicted octanol–water partition coefficient (Wildman–Crippen LogP) is 4.11. The van der Waals surface area contributed by atoms with Gasteiger partial charge in [-0.15, -0.1) is 0 Å². The number of carbonyl (C=O) groups is 1. The first-order chi connectivity index (χ1) is 10.5. The standard InChI is InChI=1S/C15H20IO5P/c1-3-19-22(18,20-4-2)13-10-12(21-15(13)17)14(16)11-8-6-5-7-9-11/h5-9,12-14H,3-4,10H2,1-2H3/t12-,13?,14-/m0/s1. The normalized spacial score (nSPS) is 23.3. The molecule has 22 heavy (non-hydrogen) atoms. The van der Waals surface area contributed by atoms with Crippen LogP contribution in [0.2, 0.25) is 0 Å². The second-order valence-corrected chi connectivity index (χ2v) is 8.48. The van der Waals surface area contributed by atoms with Crippen LogP contribution in [0.25, 0.3) is 0 Å². The van der Waals surface area contributed by atoms with Crippen molar-refractivity contribution in [1.29, 1.82) is 0 Å². The Kier molecular flexibility index (Phi) is 6.44. The molecule has 1 unspecified atom stereocenters. The summed E-state index contributed by atoms with van der Waals surface area (Å²) < 4.78 is 28.8. The molecule has 1 saturated heterocycles. The zero-order valence-corrected chi connectivity index (χ0v) is 15.7. The van der Waals surface area contributed by atoms with Crippen LogP contribution in [-0.2, 0) is 23.1 Å². The number of rotatable bonds is 7. The SMILES string of the molecule is CCOP(=O)(OCC)C1C[C@@H]([C@@H](I)c2ccccc2)OC1=O. The van der Waals surface area contributed by atoms with E-state index in [9.17, 15) is 9.36 Å². The van der Waals surface area contributed by atoms with Gasteiger partial charge in [-0.25, -0.2) is 0 Å². The Morgan fingerprint density at radius 1 is 1.27 bits per heavy atom. The summed E-state index contributed by atoms with van der Waals surface area (Å²) in [7, 11) is -3.47. The van der Waals surface area contributed by atoms with Gasteiger partial charge < -0.3 is 13.8 Å². The minimum absolute atomic E-state index is 0.00412. The van der Waals surface area contributed by atoms with Crippen molar-refractivity contribution in [2.75, 3.05) is 13.2 Å². The molecule has 0 radical (unpaired) electrons. The third-order valence-electron chi connectivity index (χ3n) is 3.44. The van der Waals surface area contributed by atoms with Gasteiger partial charge in [0.15, 0.2) is 5.66 Å². The average Bonchev–Trinajstić information content (AvgIpc) is 2.90. The van der Waals surface area contributed by atoms with Crippen LogP contribution in [0.1, 0.15) is 29.8 Å². The van der Waals surface area contributed by atoms with Crippen molar-refractivity contribution in [3.8, 4) is 0 Å². The lowest BCUT2D eigenvalue weighted by Gasteiger charge is -2.20. The molecule has 0 bridgehead atoms. The molecule has 7 heteroatoms. The highest BCUT2D eigenvalue weighted by Gasteiger charge is 2.50. The summed E-state index contributed by atoms with van der Waals surface area (Å²) in [5, 5.41) is 0. The average molecular weight is 438 g/mol. The van der Waals surface area contributed by atoms with Crippen LogP contribution in [0.5, 0.6) is 0 Å². The van der Waals surface area contributed by atoms with Gasteiger partial charge in [-0.1, -0.05) is 52.9 Å². The first kappa shape index (κ1) is 17.9. The summed E-state index contributed by atoms with van der Waals surface area (Å²) in [4.78, 5) is 12.2. The summed E-state index contributed by atoms with van der Waals surface area (Å²) in [5.41, 5.74) is 0.239. The van der Waals surface area contributed by atoms with E-state index in [1.165, 1.54) is 0 Å². The third-order valence-corrected chi connectivity index (χ3v) is 7.38. The van der Waals surface area contributed by atoms with Crippen LogP contribution in [0.15, 0.2) is 30.3 Å². The number of cyclic esters (lactones) is 1. The van der Waals surface area contributed by atoms with Crippen LogP contribution in [-0.4, -0.2) is 30.9 Å². The number of ether oxygens (including phenoxy) is 1. The zero-order chi connectivity index (χ0) is 16.2. The van der Waals surface area contributed by atoms with Gasteiger partial charge in [0.05, 0.1) is 17.1 Å². The molecule has 0 saturated carbocycles. The van der Waals surface area contributed by atoms with Gasteiger partial charge in [0.25, 0.3) is 0 Å². The van der Waals surface area contributed by atoms with Crippen molar-refractivity contribution >= 4 is 36.2 Å². The predicted molar refractivity (Wildman–Crippen MR) is 92.3 cm³/mol. The molecule has 1 heterocycles. The maximum absolute atomic E-state index is 12.8. The fourth-order valence-corrected chi connectivity index (χ4v) is 5.25. The van der Waals surface area contributed by atoms with Crippen molar-refractivity contribution in [2.24, 2.45) is 0 Å². The van der Waals surface area contributed by atoms with E-state index in [-0.39, 0.29) is 23.2 Å². The van der Waals surface area contributed by atoms with Gasteiger partial charge in [-0.3, -0.25) is 9.36 Å². The van der Waals surface area contributed by atoms with Gasteiger partial charge in [-0.2, -0.15) is 0 Å². The molecule has 1 aromatic rings. The number of carbonyl (C=O) groups excluding carboxylic acids is 1. The van der Waals surface area contributed by atoms with E-state index in [1.54, 1.807) is 13.8 Å². The summed E-state index contributed by atoms with van der Waals surface area (Å²) in [6.07, 6.45) is 0.0215. The number of alkyl halides is 1. The van der Waals surface area contributed by atoms with E-state index in [0.717, 1.165) is 5.56 Å². The molecule has 2 rings (SSSR count). The third kappa shape index (κ3) is 3.91. The summed E-state index contributed by atoms with van der Waals surface area (Å²) in [5.74, 6) is -0.493. The molecule has 0 aliphatic carbocycles. The first-order valence-corrected chi connectivity index (χ1v) is 10.2. The molecular formula is C15H20IO5P. The molecule has 3 atom stereocenters. The molecule has 0 N–H and O–H groups in total. The summed E-state index contributed by atoms with van der Waals surface area (Å²) >= 11 is 2.25. The van der Waals surface area contributed by atoms with Crippen molar-refractivity contribution in [2.45, 2.75) is 36.0 Å². The van der Waals surface area contributed by atoms with Crippen LogP contribution < -0.4 is 0 Å². The highest BCUT2D eigenvalue weighted by molar-refractivity contribution is 14.1. The minimum Gasteiger partial charge on any atom is -0.460 e. The van der Waals surface area contributed by atoms with Crippen LogP contribution >= 0.6 is 30.2 Å². The molecule has 1 fully saturated rings. The Labute approximate surface area is 144 Å². The fourth-order valence-electron chi connectivity index (χ4n) is 2.46. The van der Waals surface area contributed by atoms with E-state index in [2.05, 4.69) is 22.6 Å². The van der Waals surface area contributed by atoms with Crippen molar-refractivity contribution in [3.63, 3.8) is 0 Å². The Bertz CT molecular complexity index is 540. The smallest absolute Gasteiger partial charge is 0.345 e. The van der Waals surface area contributed by atoms with E-state index in [1.807, 2.05) is 30.3 Å². The molecule has 0 aromatic heterocycles. The Balaban J connectivity index is 2.14. The largest absolute Gasteiger partial charge is 0.460 e. The quantitative estimate of drug-likeness (QED) is 0.278. The van der Waals surface area contributed by atoms with Gasteiger partial charge >= 0.3 is 13.6 Å². The van der Waals surface area contributed by atoms with Gasteiger partial charge in [0, 0.05) is 6.42 Å². The topological polar surface area (TPSA) is 61.8 Å². The number of halogens is 1. The van der Waals surface area contributed by atoms with E-state index in [0.29, 0.717) is 6.42 Å². The molecule has 0 amide bonds. The molecule has 1 aromatic carbocycles. The molecule has 1 aliphatic heterocycles. The Morgan fingerprint density at radius 2 is 1.86 bits per heavy atom. The van der Waals surface area contributed by atoms with Gasteiger partial charge in [0.1, 0.15) is 6.10 Å². The lowest BCUT2D eigenvalue weighted by atomic mass is 10.1. The highest BCUT2D eigenvalue weighted by atomic mass is 127. The Morgan fingerprint density at radius 3 is 2.41 bits per heavy atom. The summed E-state index contributed by atoms with van der Waals surface area (Å²) in [6, 6.07) is 9.81. The van der Waals surface area contributed by atoms with Crippen molar-refractivity contribution in [3.05, 3.63) is 35.9 Å². The van der Waals surface area contributed by atoms with E-state index < -0.39 is 19.2 Å². The van der Waals surface area contributed by atoms with Gasteiger partial charge in [-0.05, 0) is 19.4 Å². The second kappa shape index (κ2) is 7.90. The minimum atomic E-state index is -3.47. The monoisotopic (exact) mass is 438 g/mol. The first-order valence-electron chi connectivity index (χ1n) is 7.30. The molecule has 0 spiro atoms. The van der Waals surface area contributed by atoms with Gasteiger partial charge in [0.2, 0.25) is 0 Å². The number of benzene rings is 1. The van der Waals surface area contributed by atoms with Crippen LogP contribution in [0.4, 0.5) is 0 Å². The number of hydrogen-bond donors (Lipinski definition) is 0. The fraction of sp³-hybridized carbons (Fsp3) is 0.533. The second-order valence-electron chi connectivity index (χ2n) is 4.91. The molecule has 122 valence electrons. The van der Waals surface area contributed by atoms with Crippen molar-refractivity contribution < 1.29 is 23.1 Å². The van der Waals surface area contributed by atoms with Crippen LogP contribution in [0, 0.1) is 0 Å².